The summed E-state index contributed by atoms with van der Waals surface area (Å²) in [5, 5.41) is 35.0. The first kappa shape index (κ1) is 127. The third-order valence-electron chi connectivity index (χ3n) is 27.5. The van der Waals surface area contributed by atoms with Gasteiger partial charge in [-0.1, -0.05) is 262 Å². The molecule has 0 spiro atoms. The first-order valence-corrected chi connectivity index (χ1v) is 52.2. The van der Waals surface area contributed by atoms with Crippen LogP contribution < -0.4 is 35.9 Å². The van der Waals surface area contributed by atoms with Crippen LogP contribution >= 0.6 is 0 Å². The number of ether oxygens (including phenoxy) is 3. The second kappa shape index (κ2) is 55.6. The number of hydrazine groups is 4. The smallest absolute Gasteiger partial charge is 0.457 e. The summed E-state index contributed by atoms with van der Waals surface area (Å²) >= 11 is 0. The quantitative estimate of drug-likeness (QED) is 0.0110. The van der Waals surface area contributed by atoms with Crippen molar-refractivity contribution in [3.8, 4) is 23.0 Å². The van der Waals surface area contributed by atoms with Gasteiger partial charge in [0, 0.05) is 66.8 Å². The number of benzene rings is 8. The maximum Gasteiger partial charge on any atom is 0.457 e. The molecule has 9 rings (SSSR count). The average molecular weight is 2030 g/mol. The first-order chi connectivity index (χ1) is 68.5. The molecule has 0 bridgehead atoms. The number of rotatable bonds is 35. The molecule has 7 N–H and O–H groups in total. The van der Waals surface area contributed by atoms with E-state index in [4.69, 9.17) is 33.6 Å². The number of aromatic hydroxyl groups is 1. The fourth-order valence-corrected chi connectivity index (χ4v) is 19.5. The number of hydrogen-bond donors (Lipinski definition) is 7. The number of carbonyl (C=O) groups is 8. The molecule has 8 aromatic rings. The molecule has 1 saturated heterocycles. The standard InChI is InChI=1S/C35H53BN2O5.C29H43BN2O5.C29H40N2O3.C28H38N2O3.CH4/c1-13-15-29(33(5,6)7)38(32(40)27-21-23(2)20-24(3)22-27)37-31(39)28-18-17-26(30(41-12)25(28)4)16-14-19-36-42-34(8,9)35(10,11)43-36;1-9-11-25(29(5,6)7)32(28(34)23-17-19(2)16-20(3)18-23)31-27(33)24-14-13-22(12-10-15-30(35)36)26(37-8)21(24)4;1-10-12-22-14-15-24(21(5)26(22)34-9)27(32)30-31(25(13-11-2)29(6,7)8)28(33)23-17-19(3)16-20(4)18-23;1-9-11-21-13-14-23(20(5)25(21)31)26(32)29-30(24(12-10-2)28(6,7)8)27(33)22-16-18(3)15-19(4)17-22;/h17-18,20-22,29H,13-16,19H2,1-12H3,(H,37,39);13-14,16-18,25,35-36H,9-12,15H2,1-8H3,(H,31,33);10,14-18,25H,1,11-13H2,2-9H3,(H,30,32);9,13-17,24,31H,1,10-12H2,2-8H3,(H,29,32);1H4/t29-;2*25-;24-;/m1111./s1. The zero-order valence-corrected chi connectivity index (χ0v) is 95.3. The molecule has 0 aromatic heterocycles. The van der Waals surface area contributed by atoms with Crippen LogP contribution in [-0.2, 0) is 35.0 Å². The minimum Gasteiger partial charge on any atom is -0.507 e. The molecular formula is C122H178B2N8O16. The van der Waals surface area contributed by atoms with Gasteiger partial charge in [-0.25, -0.2) is 20.0 Å². The van der Waals surface area contributed by atoms with E-state index in [9.17, 15) is 43.5 Å². The van der Waals surface area contributed by atoms with Crippen molar-refractivity contribution in [2.75, 3.05) is 21.3 Å². The van der Waals surface area contributed by atoms with E-state index in [-0.39, 0.29) is 125 Å². The molecule has 24 nitrogen and oxygen atoms in total. The number of allylic oxidation sites excluding steroid dienone is 2. The highest BCUT2D eigenvalue weighted by molar-refractivity contribution is 6.45. The van der Waals surface area contributed by atoms with Gasteiger partial charge >= 0.3 is 14.2 Å². The van der Waals surface area contributed by atoms with Gasteiger partial charge in [0.05, 0.1) is 56.7 Å². The van der Waals surface area contributed by atoms with Gasteiger partial charge in [0.2, 0.25) is 0 Å². The maximum absolute atomic E-state index is 14.0. The summed E-state index contributed by atoms with van der Waals surface area (Å²) in [4.78, 5) is 110. The molecule has 1 fully saturated rings. The van der Waals surface area contributed by atoms with Crippen molar-refractivity contribution in [3.63, 3.8) is 0 Å². The van der Waals surface area contributed by atoms with Crippen molar-refractivity contribution in [3.05, 3.63) is 280 Å². The monoisotopic (exact) mass is 2030 g/mol. The van der Waals surface area contributed by atoms with Crippen LogP contribution in [-0.4, -0.2) is 153 Å². The fourth-order valence-electron chi connectivity index (χ4n) is 19.5. The van der Waals surface area contributed by atoms with Gasteiger partial charge in [0.1, 0.15) is 23.0 Å². The van der Waals surface area contributed by atoms with Crippen molar-refractivity contribution in [1.82, 2.24) is 41.7 Å². The molecule has 8 amide bonds. The number of carbonyl (C=O) groups excluding carboxylic acids is 8. The number of aryl methyl sites for hydroxylation is 10. The largest absolute Gasteiger partial charge is 0.507 e. The topological polar surface area (TPSA) is 304 Å². The molecule has 8 aromatic carbocycles. The van der Waals surface area contributed by atoms with E-state index in [0.717, 1.165) is 143 Å². The van der Waals surface area contributed by atoms with E-state index >= 15 is 0 Å². The van der Waals surface area contributed by atoms with E-state index < -0.39 is 13.0 Å². The lowest BCUT2D eigenvalue weighted by atomic mass is 9.81. The van der Waals surface area contributed by atoms with Crippen LogP contribution in [0.25, 0.3) is 0 Å². The third-order valence-corrected chi connectivity index (χ3v) is 27.5. The van der Waals surface area contributed by atoms with Crippen molar-refractivity contribution < 1.29 is 77.0 Å². The predicted octanol–water partition coefficient (Wildman–Crippen LogP) is 25.7. The van der Waals surface area contributed by atoms with E-state index in [1.165, 1.54) is 10.0 Å². The van der Waals surface area contributed by atoms with E-state index in [2.05, 4.69) is 173 Å². The highest BCUT2D eigenvalue weighted by Crippen LogP contribution is 2.42. The molecule has 808 valence electrons. The lowest BCUT2D eigenvalue weighted by Gasteiger charge is -2.40. The van der Waals surface area contributed by atoms with Crippen molar-refractivity contribution in [2.24, 2.45) is 21.7 Å². The van der Waals surface area contributed by atoms with Crippen molar-refractivity contribution in [2.45, 2.75) is 367 Å². The summed E-state index contributed by atoms with van der Waals surface area (Å²) in [6.45, 7) is 72.2. The van der Waals surface area contributed by atoms with Crippen LogP contribution in [0, 0.1) is 105 Å². The Labute approximate surface area is 888 Å². The highest BCUT2D eigenvalue weighted by Gasteiger charge is 2.51. The fraction of sp³-hybridized carbons (Fsp3) is 0.508. The van der Waals surface area contributed by atoms with Gasteiger partial charge in [0.15, 0.2) is 0 Å². The van der Waals surface area contributed by atoms with Crippen LogP contribution in [0.5, 0.6) is 23.0 Å². The molecule has 4 atom stereocenters. The number of hydrogen-bond acceptors (Lipinski definition) is 16. The Morgan fingerprint density at radius 3 is 0.845 bits per heavy atom. The lowest BCUT2D eigenvalue weighted by molar-refractivity contribution is 0.00578. The average Bonchev–Trinajstić information content (AvgIpc) is 1.57. The summed E-state index contributed by atoms with van der Waals surface area (Å²) < 4.78 is 29.4. The second-order valence-electron chi connectivity index (χ2n) is 45.1. The highest BCUT2D eigenvalue weighted by atomic mass is 16.7. The first-order valence-electron chi connectivity index (χ1n) is 52.2. The molecule has 148 heavy (non-hydrogen) atoms. The zero-order valence-electron chi connectivity index (χ0n) is 95.3. The third kappa shape index (κ3) is 34.4. The van der Waals surface area contributed by atoms with Gasteiger partial charge in [0.25, 0.3) is 47.3 Å². The molecule has 26 heteroatoms. The number of nitrogens with one attached hydrogen (secondary N) is 4. The Morgan fingerprint density at radius 1 is 0.378 bits per heavy atom. The van der Waals surface area contributed by atoms with Crippen LogP contribution in [0.2, 0.25) is 12.6 Å². The van der Waals surface area contributed by atoms with Crippen molar-refractivity contribution >= 4 is 61.5 Å². The summed E-state index contributed by atoms with van der Waals surface area (Å²) in [6, 6.07) is 36.6. The van der Waals surface area contributed by atoms with Gasteiger partial charge in [-0.05, 0) is 291 Å². The Kier molecular flexibility index (Phi) is 47.6. The SMILES string of the molecule is C.C=CCc1ccc(C(=O)NN(C(=O)c2cc(C)cc(C)c2)[C@H](CCC)C(C)(C)C)c(C)c1O.C=CCc1ccc(C(=O)NN(C(=O)c2cc(C)cc(C)c2)[C@H](CCC)C(C)(C)C)c(C)c1OC.CCC[C@@H](N(NC(=O)c1ccc(CCCB(O)O)c(OC)c1C)C(=O)c1cc(C)cc(C)c1)C(C)(C)C.CCC[C@@H](N(NC(=O)c1ccc(CCCB2OC(C)(C)C(C)(C)O2)c(OC)c1C)C(=O)c1cc(C)cc(C)c1)C(C)(C)C. The zero-order chi connectivity index (χ0) is 111. The van der Waals surface area contributed by atoms with Gasteiger partial charge in [-0.15, -0.1) is 13.2 Å². The molecule has 0 saturated carbocycles. The van der Waals surface area contributed by atoms with Crippen LogP contribution in [0.1, 0.15) is 382 Å². The number of amides is 8. The van der Waals surface area contributed by atoms with E-state index in [0.29, 0.717) is 104 Å². The van der Waals surface area contributed by atoms with Gasteiger partial charge in [-0.3, -0.25) is 60.1 Å². The molecule has 0 radical (unpaired) electrons. The molecule has 1 aliphatic heterocycles. The predicted molar refractivity (Wildman–Crippen MR) is 604 cm³/mol. The Balaban J connectivity index is 0.000000348. The minimum absolute atomic E-state index is 0. The molecule has 0 aliphatic carbocycles. The van der Waals surface area contributed by atoms with E-state index in [1.807, 2.05) is 173 Å². The maximum atomic E-state index is 14.0. The summed E-state index contributed by atoms with van der Waals surface area (Å²) in [6.07, 6.45) is 14.9. The second-order valence-corrected chi connectivity index (χ2v) is 45.1. The Bertz CT molecular complexity index is 5820. The van der Waals surface area contributed by atoms with E-state index in [1.54, 1.807) is 74.7 Å². The molecule has 1 aliphatic rings. The van der Waals surface area contributed by atoms with Gasteiger partial charge < -0.3 is 38.7 Å². The minimum atomic E-state index is -1.35. The number of methoxy groups -OCH3 is 3. The summed E-state index contributed by atoms with van der Waals surface area (Å²) in [5.41, 5.74) is 28.3. The molecular weight excluding hydrogens is 1860 g/mol. The summed E-state index contributed by atoms with van der Waals surface area (Å²) in [7, 11) is 3.19. The van der Waals surface area contributed by atoms with Crippen LogP contribution in [0.15, 0.2) is 147 Å². The number of phenolic OH excluding ortho intramolecular Hbond substituents is 1. The van der Waals surface area contributed by atoms with Crippen LogP contribution in [0.3, 0.4) is 0 Å². The molecule has 1 heterocycles. The summed E-state index contributed by atoms with van der Waals surface area (Å²) in [5.74, 6) is -0.331. The normalized spacial score (nSPS) is 13.4. The Hall–Kier alpha value is -11.8. The van der Waals surface area contributed by atoms with Gasteiger partial charge in [-0.2, -0.15) is 0 Å². The number of nitrogens with zero attached hydrogens (tertiary/aromatic N) is 4. The van der Waals surface area contributed by atoms with Crippen LogP contribution in [0.4, 0.5) is 0 Å². The molecule has 0 unspecified atom stereocenters. The lowest BCUT2D eigenvalue weighted by Crippen LogP contribution is -2.56. The Morgan fingerprint density at radius 2 is 0.608 bits per heavy atom. The van der Waals surface area contributed by atoms with Crippen molar-refractivity contribution in [1.29, 1.82) is 0 Å². The number of phenols is 1.